The molecule has 0 heterocycles. The summed E-state index contributed by atoms with van der Waals surface area (Å²) in [6, 6.07) is 7.06. The highest BCUT2D eigenvalue weighted by molar-refractivity contribution is 5.82. The minimum Gasteiger partial charge on any atom is -0.493 e. The number of nitro groups is 1. The normalized spacial score (nSPS) is 11.4. The topological polar surface area (TPSA) is 86.0 Å². The van der Waals surface area contributed by atoms with Gasteiger partial charge >= 0.3 is 6.18 Å². The number of hydrazone groups is 1. The van der Waals surface area contributed by atoms with Crippen LogP contribution in [0.15, 0.2) is 41.5 Å². The van der Waals surface area contributed by atoms with Gasteiger partial charge in [-0.1, -0.05) is 0 Å². The molecular formula is C16H14F3N3O4. The van der Waals surface area contributed by atoms with Gasteiger partial charge in [-0.15, -0.1) is 0 Å². The zero-order valence-corrected chi connectivity index (χ0v) is 13.7. The van der Waals surface area contributed by atoms with E-state index in [-0.39, 0.29) is 5.69 Å². The van der Waals surface area contributed by atoms with Crippen molar-refractivity contribution < 1.29 is 27.6 Å². The Kier molecular flexibility index (Phi) is 5.65. The van der Waals surface area contributed by atoms with E-state index in [4.69, 9.17) is 9.47 Å². The van der Waals surface area contributed by atoms with E-state index >= 15 is 0 Å². The minimum atomic E-state index is -4.67. The smallest absolute Gasteiger partial charge is 0.416 e. The Morgan fingerprint density at radius 1 is 1.12 bits per heavy atom. The van der Waals surface area contributed by atoms with Gasteiger partial charge in [-0.05, 0) is 35.9 Å². The first kappa shape index (κ1) is 19.0. The number of benzene rings is 2. The number of alkyl halides is 3. The molecule has 0 aliphatic rings. The highest BCUT2D eigenvalue weighted by Gasteiger charge is 2.33. The molecule has 0 fully saturated rings. The van der Waals surface area contributed by atoms with E-state index in [9.17, 15) is 23.3 Å². The predicted octanol–water partition coefficient (Wildman–Crippen LogP) is 4.08. The quantitative estimate of drug-likeness (QED) is 0.471. The van der Waals surface area contributed by atoms with Gasteiger partial charge in [0.05, 0.1) is 30.9 Å². The van der Waals surface area contributed by atoms with Crippen molar-refractivity contribution in [2.75, 3.05) is 19.6 Å². The van der Waals surface area contributed by atoms with Crippen molar-refractivity contribution in [1.29, 1.82) is 0 Å². The summed E-state index contributed by atoms with van der Waals surface area (Å²) in [4.78, 5) is 10.1. The number of hydrogen-bond acceptors (Lipinski definition) is 6. The highest BCUT2D eigenvalue weighted by Crippen LogP contribution is 2.35. The molecule has 0 saturated heterocycles. The van der Waals surface area contributed by atoms with Crippen LogP contribution >= 0.6 is 0 Å². The van der Waals surface area contributed by atoms with Gasteiger partial charge in [0.25, 0.3) is 5.69 Å². The highest BCUT2D eigenvalue weighted by atomic mass is 19.4. The van der Waals surface area contributed by atoms with Crippen LogP contribution in [0.5, 0.6) is 11.5 Å². The lowest BCUT2D eigenvalue weighted by molar-refractivity contribution is -0.384. The van der Waals surface area contributed by atoms with Crippen molar-refractivity contribution in [2.45, 2.75) is 6.18 Å². The van der Waals surface area contributed by atoms with Gasteiger partial charge in [0.15, 0.2) is 11.5 Å². The number of rotatable bonds is 6. The second-order valence-electron chi connectivity index (χ2n) is 4.97. The molecule has 138 valence electrons. The van der Waals surface area contributed by atoms with Crippen LogP contribution in [0.1, 0.15) is 11.1 Å². The van der Waals surface area contributed by atoms with E-state index in [1.165, 1.54) is 20.4 Å². The maximum Gasteiger partial charge on any atom is 0.416 e. The summed E-state index contributed by atoms with van der Waals surface area (Å²) < 4.78 is 48.3. The van der Waals surface area contributed by atoms with Crippen molar-refractivity contribution in [3.8, 4) is 11.5 Å². The van der Waals surface area contributed by atoms with Gasteiger partial charge in [0.1, 0.15) is 5.69 Å². The fraction of sp³-hybridized carbons (Fsp3) is 0.188. The summed E-state index contributed by atoms with van der Waals surface area (Å²) in [5.74, 6) is 0.966. The van der Waals surface area contributed by atoms with Gasteiger partial charge in [-0.25, -0.2) is 0 Å². The van der Waals surface area contributed by atoms with Crippen molar-refractivity contribution in [2.24, 2.45) is 5.10 Å². The largest absolute Gasteiger partial charge is 0.493 e. The van der Waals surface area contributed by atoms with Crippen molar-refractivity contribution >= 4 is 17.6 Å². The van der Waals surface area contributed by atoms with Gasteiger partial charge in [-0.3, -0.25) is 15.5 Å². The predicted molar refractivity (Wildman–Crippen MR) is 88.9 cm³/mol. The number of nitrogens with one attached hydrogen (secondary N) is 1. The Morgan fingerprint density at radius 2 is 1.81 bits per heavy atom. The number of nitrogens with zero attached hydrogens (tertiary/aromatic N) is 2. The monoisotopic (exact) mass is 369 g/mol. The van der Waals surface area contributed by atoms with E-state index in [0.29, 0.717) is 23.1 Å². The zero-order chi connectivity index (χ0) is 19.3. The molecule has 0 aromatic heterocycles. The van der Waals surface area contributed by atoms with Crippen LogP contribution in [0.4, 0.5) is 24.5 Å². The van der Waals surface area contributed by atoms with Crippen molar-refractivity contribution in [1.82, 2.24) is 0 Å². The summed E-state index contributed by atoms with van der Waals surface area (Å²) in [5, 5.41) is 14.8. The molecule has 0 bridgehead atoms. The molecule has 0 atom stereocenters. The van der Waals surface area contributed by atoms with E-state index in [1.54, 1.807) is 18.2 Å². The second-order valence-corrected chi connectivity index (χ2v) is 4.97. The van der Waals surface area contributed by atoms with Crippen LogP contribution in [0.3, 0.4) is 0 Å². The fourth-order valence-corrected chi connectivity index (χ4v) is 2.06. The molecule has 2 rings (SSSR count). The SMILES string of the molecule is COc1ccc(/C=N\Nc2ccc(C(F)(F)F)cc2[N+](=O)[O-])cc1OC. The maximum absolute atomic E-state index is 12.7. The third-order valence-corrected chi connectivity index (χ3v) is 3.33. The lowest BCUT2D eigenvalue weighted by Crippen LogP contribution is -2.06. The minimum absolute atomic E-state index is 0.167. The third-order valence-electron chi connectivity index (χ3n) is 3.33. The van der Waals surface area contributed by atoms with Crippen LogP contribution in [0, 0.1) is 10.1 Å². The first-order valence-electron chi connectivity index (χ1n) is 7.13. The van der Waals surface area contributed by atoms with Crippen LogP contribution in [-0.2, 0) is 6.18 Å². The van der Waals surface area contributed by atoms with E-state index in [1.807, 2.05) is 0 Å². The summed E-state index contributed by atoms with van der Waals surface area (Å²) in [7, 11) is 2.94. The summed E-state index contributed by atoms with van der Waals surface area (Å²) in [6.07, 6.45) is -3.34. The molecule has 2 aromatic rings. The zero-order valence-electron chi connectivity index (χ0n) is 13.7. The Labute approximate surface area is 146 Å². The molecule has 10 heteroatoms. The molecule has 0 aliphatic carbocycles. The number of ether oxygens (including phenoxy) is 2. The first-order valence-corrected chi connectivity index (χ1v) is 7.13. The summed E-state index contributed by atoms with van der Waals surface area (Å²) in [5.41, 5.74) is 0.952. The number of anilines is 1. The Hall–Kier alpha value is -3.30. The molecule has 0 unspecified atom stereocenters. The molecular weight excluding hydrogens is 355 g/mol. The van der Waals surface area contributed by atoms with Crippen LogP contribution in [-0.4, -0.2) is 25.4 Å². The average Bonchev–Trinajstić information content (AvgIpc) is 2.60. The van der Waals surface area contributed by atoms with Gasteiger partial charge < -0.3 is 9.47 Å². The van der Waals surface area contributed by atoms with Crippen LogP contribution in [0.25, 0.3) is 0 Å². The van der Waals surface area contributed by atoms with E-state index < -0.39 is 22.4 Å². The third kappa shape index (κ3) is 4.41. The molecule has 2 aromatic carbocycles. The van der Waals surface area contributed by atoms with Crippen LogP contribution < -0.4 is 14.9 Å². The number of halogens is 3. The lowest BCUT2D eigenvalue weighted by atomic mass is 10.1. The Bertz CT molecular complexity index is 838. The van der Waals surface area contributed by atoms with Gasteiger partial charge in [0, 0.05) is 6.07 Å². The standard InChI is InChI=1S/C16H14F3N3O4/c1-25-14-6-3-10(7-15(14)26-2)9-20-21-12-5-4-11(16(17,18)19)8-13(12)22(23)24/h3-9,21H,1-2H3/b20-9-. The molecule has 1 N–H and O–H groups in total. The maximum atomic E-state index is 12.7. The number of methoxy groups -OCH3 is 2. The van der Waals surface area contributed by atoms with Gasteiger partial charge in [0.2, 0.25) is 0 Å². The van der Waals surface area contributed by atoms with Crippen molar-refractivity contribution in [3.05, 3.63) is 57.6 Å². The summed E-state index contributed by atoms with van der Waals surface area (Å²) in [6.45, 7) is 0. The number of nitro benzene ring substituents is 1. The Morgan fingerprint density at radius 3 is 2.38 bits per heavy atom. The van der Waals surface area contributed by atoms with Gasteiger partial charge in [-0.2, -0.15) is 18.3 Å². The fourth-order valence-electron chi connectivity index (χ4n) is 2.06. The summed E-state index contributed by atoms with van der Waals surface area (Å²) >= 11 is 0. The van der Waals surface area contributed by atoms with E-state index in [0.717, 1.165) is 12.1 Å². The molecule has 0 amide bonds. The second kappa shape index (κ2) is 7.72. The molecule has 26 heavy (non-hydrogen) atoms. The van der Waals surface area contributed by atoms with Crippen molar-refractivity contribution in [3.63, 3.8) is 0 Å². The lowest BCUT2D eigenvalue weighted by Gasteiger charge is -2.09. The molecule has 0 radical (unpaired) electrons. The van der Waals surface area contributed by atoms with E-state index in [2.05, 4.69) is 10.5 Å². The molecule has 0 aliphatic heterocycles. The van der Waals surface area contributed by atoms with Crippen LogP contribution in [0.2, 0.25) is 0 Å². The average molecular weight is 369 g/mol. The molecule has 0 saturated carbocycles. The number of hydrogen-bond donors (Lipinski definition) is 1. The first-order chi connectivity index (χ1) is 12.3. The molecule has 7 nitrogen and oxygen atoms in total. The molecule has 0 spiro atoms. The Balaban J connectivity index is 2.23.